The summed E-state index contributed by atoms with van der Waals surface area (Å²) in [5.74, 6) is 0.861. The molecule has 0 amide bonds. The summed E-state index contributed by atoms with van der Waals surface area (Å²) in [6.45, 7) is 1.06. The third kappa shape index (κ3) is 1.59. The summed E-state index contributed by atoms with van der Waals surface area (Å²) in [6, 6.07) is 0.318. The van der Waals surface area contributed by atoms with Crippen LogP contribution >= 0.6 is 11.6 Å². The molecule has 0 saturated carbocycles. The number of nitrogens with zero attached hydrogens (tertiary/aromatic N) is 2. The highest BCUT2D eigenvalue weighted by molar-refractivity contribution is 6.28. The minimum atomic E-state index is 0.303. The van der Waals surface area contributed by atoms with E-state index in [9.17, 15) is 0 Å². The number of hydrogen-bond acceptors (Lipinski definition) is 3. The highest BCUT2D eigenvalue weighted by Crippen LogP contribution is 2.19. The number of halogens is 1. The van der Waals surface area contributed by atoms with Gasteiger partial charge in [-0.3, -0.25) is 5.10 Å². The summed E-state index contributed by atoms with van der Waals surface area (Å²) in [7, 11) is 0. The molecule has 4 nitrogen and oxygen atoms in total. The Kier molecular flexibility index (Phi) is 2.28. The number of piperidine rings is 1. The van der Waals surface area contributed by atoms with Crippen molar-refractivity contribution < 1.29 is 0 Å². The molecular formula is C7H11ClN4. The summed E-state index contributed by atoms with van der Waals surface area (Å²) in [6.07, 6.45) is 3.61. The molecule has 5 heteroatoms. The lowest BCUT2D eigenvalue weighted by Crippen LogP contribution is -2.27. The topological polar surface area (TPSA) is 53.6 Å². The van der Waals surface area contributed by atoms with E-state index in [4.69, 9.17) is 11.6 Å². The fraction of sp³-hybridized carbons (Fsp3) is 0.714. The Balaban J connectivity index is 2.08. The second-order valence-corrected chi connectivity index (χ2v) is 3.33. The van der Waals surface area contributed by atoms with E-state index >= 15 is 0 Å². The summed E-state index contributed by atoms with van der Waals surface area (Å²) in [5.41, 5.74) is 0. The first-order chi connectivity index (χ1) is 5.86. The van der Waals surface area contributed by atoms with Gasteiger partial charge in [-0.1, -0.05) is 6.42 Å². The molecule has 2 heterocycles. The molecule has 2 N–H and O–H groups in total. The lowest BCUT2D eigenvalue weighted by molar-refractivity contribution is 0.398. The number of hydrogen-bond donors (Lipinski definition) is 2. The van der Waals surface area contributed by atoms with Crippen LogP contribution in [0.2, 0.25) is 5.28 Å². The fourth-order valence-electron chi connectivity index (χ4n) is 1.49. The molecule has 1 aliphatic heterocycles. The van der Waals surface area contributed by atoms with Crippen LogP contribution < -0.4 is 5.32 Å². The number of aromatic nitrogens is 3. The second-order valence-electron chi connectivity index (χ2n) is 2.99. The third-order valence-electron chi connectivity index (χ3n) is 2.12. The van der Waals surface area contributed by atoms with Gasteiger partial charge in [0.2, 0.25) is 5.28 Å². The largest absolute Gasteiger partial charge is 0.307 e. The van der Waals surface area contributed by atoms with Crippen molar-refractivity contribution in [3.63, 3.8) is 0 Å². The molecule has 1 fully saturated rings. The van der Waals surface area contributed by atoms with Crippen molar-refractivity contribution in [2.24, 2.45) is 0 Å². The molecule has 12 heavy (non-hydrogen) atoms. The molecular weight excluding hydrogens is 176 g/mol. The summed E-state index contributed by atoms with van der Waals surface area (Å²) >= 11 is 5.60. The van der Waals surface area contributed by atoms with E-state index in [1.807, 2.05) is 0 Å². The standard InChI is InChI=1S/C7H11ClN4/c8-7-10-6(11-12-7)5-3-1-2-4-9-5/h5,9H,1-4H2,(H,10,11,12). The maximum absolute atomic E-state index is 5.60. The van der Waals surface area contributed by atoms with Crippen LogP contribution in [0.15, 0.2) is 0 Å². The normalized spacial score (nSPS) is 24.2. The molecule has 0 spiro atoms. The van der Waals surface area contributed by atoms with Crippen molar-refractivity contribution in [1.29, 1.82) is 0 Å². The summed E-state index contributed by atoms with van der Waals surface area (Å²) < 4.78 is 0. The van der Waals surface area contributed by atoms with Crippen molar-refractivity contribution in [2.75, 3.05) is 6.54 Å². The first kappa shape index (κ1) is 8.01. The predicted octanol–water partition coefficient (Wildman–Crippen LogP) is 1.27. The molecule has 0 bridgehead atoms. The van der Waals surface area contributed by atoms with Gasteiger partial charge >= 0.3 is 0 Å². The average molecular weight is 187 g/mol. The van der Waals surface area contributed by atoms with Crippen LogP contribution in [0.1, 0.15) is 31.1 Å². The molecule has 66 valence electrons. The number of H-pyrrole nitrogens is 1. The molecule has 0 radical (unpaired) electrons. The number of aromatic amines is 1. The van der Waals surface area contributed by atoms with E-state index in [2.05, 4.69) is 20.5 Å². The van der Waals surface area contributed by atoms with Gasteiger partial charge in [-0.15, -0.1) is 5.10 Å². The maximum atomic E-state index is 5.60. The first-order valence-electron chi connectivity index (χ1n) is 4.17. The van der Waals surface area contributed by atoms with Crippen molar-refractivity contribution in [1.82, 2.24) is 20.5 Å². The zero-order valence-corrected chi connectivity index (χ0v) is 7.43. The third-order valence-corrected chi connectivity index (χ3v) is 2.28. The van der Waals surface area contributed by atoms with E-state index < -0.39 is 0 Å². The summed E-state index contributed by atoms with van der Waals surface area (Å²) in [4.78, 5) is 4.07. The quantitative estimate of drug-likeness (QED) is 0.695. The van der Waals surface area contributed by atoms with Crippen molar-refractivity contribution in [3.8, 4) is 0 Å². The van der Waals surface area contributed by atoms with Crippen molar-refractivity contribution in [2.45, 2.75) is 25.3 Å². The van der Waals surface area contributed by atoms with Crippen LogP contribution in [0, 0.1) is 0 Å². The van der Waals surface area contributed by atoms with Gasteiger partial charge in [-0.2, -0.15) is 0 Å². The Bertz CT molecular complexity index is 254. The van der Waals surface area contributed by atoms with Gasteiger partial charge in [0, 0.05) is 0 Å². The van der Waals surface area contributed by atoms with E-state index in [-0.39, 0.29) is 0 Å². The van der Waals surface area contributed by atoms with Crippen molar-refractivity contribution >= 4 is 11.6 Å². The molecule has 1 atom stereocenters. The highest BCUT2D eigenvalue weighted by atomic mass is 35.5. The Morgan fingerprint density at radius 2 is 2.33 bits per heavy atom. The van der Waals surface area contributed by atoms with Gasteiger partial charge < -0.3 is 5.32 Å². The molecule has 1 unspecified atom stereocenters. The minimum Gasteiger partial charge on any atom is -0.307 e. The SMILES string of the molecule is Clc1n[nH]c(C2CCCCN2)n1. The molecule has 0 aliphatic carbocycles. The van der Waals surface area contributed by atoms with Gasteiger partial charge in [0.05, 0.1) is 6.04 Å². The monoisotopic (exact) mass is 186 g/mol. The molecule has 0 aromatic carbocycles. The Labute approximate surface area is 75.7 Å². The zero-order chi connectivity index (χ0) is 8.39. The number of nitrogens with one attached hydrogen (secondary N) is 2. The summed E-state index contributed by atoms with van der Waals surface area (Å²) in [5, 5.41) is 10.3. The van der Waals surface area contributed by atoms with Gasteiger partial charge in [0.15, 0.2) is 0 Å². The van der Waals surface area contributed by atoms with Crippen LogP contribution in [-0.2, 0) is 0 Å². The molecule has 1 aliphatic rings. The van der Waals surface area contributed by atoms with E-state index in [0.29, 0.717) is 11.3 Å². The molecule has 2 rings (SSSR count). The van der Waals surface area contributed by atoms with Gasteiger partial charge in [0.25, 0.3) is 0 Å². The van der Waals surface area contributed by atoms with E-state index in [1.165, 1.54) is 12.8 Å². The van der Waals surface area contributed by atoms with Crippen LogP contribution in [0.25, 0.3) is 0 Å². The Hall–Kier alpha value is -0.610. The Morgan fingerprint density at radius 3 is 2.92 bits per heavy atom. The fourth-order valence-corrected chi connectivity index (χ4v) is 1.63. The first-order valence-corrected chi connectivity index (χ1v) is 4.55. The molecule has 1 aromatic rings. The van der Waals surface area contributed by atoms with Crippen LogP contribution in [-0.4, -0.2) is 21.7 Å². The number of rotatable bonds is 1. The lowest BCUT2D eigenvalue weighted by atomic mass is 10.0. The predicted molar refractivity (Wildman–Crippen MR) is 46.0 cm³/mol. The zero-order valence-electron chi connectivity index (χ0n) is 6.68. The minimum absolute atomic E-state index is 0.303. The maximum Gasteiger partial charge on any atom is 0.242 e. The highest BCUT2D eigenvalue weighted by Gasteiger charge is 2.17. The Morgan fingerprint density at radius 1 is 1.42 bits per heavy atom. The van der Waals surface area contributed by atoms with Crippen LogP contribution in [0.5, 0.6) is 0 Å². The lowest BCUT2D eigenvalue weighted by Gasteiger charge is -2.20. The van der Waals surface area contributed by atoms with Crippen LogP contribution in [0.3, 0.4) is 0 Å². The molecule has 1 saturated heterocycles. The second kappa shape index (κ2) is 3.41. The molecule has 1 aromatic heterocycles. The van der Waals surface area contributed by atoms with Gasteiger partial charge in [-0.05, 0) is 31.0 Å². The van der Waals surface area contributed by atoms with E-state index in [1.54, 1.807) is 0 Å². The van der Waals surface area contributed by atoms with Crippen LogP contribution in [0.4, 0.5) is 0 Å². The smallest absolute Gasteiger partial charge is 0.242 e. The average Bonchev–Trinajstić information content (AvgIpc) is 2.54. The van der Waals surface area contributed by atoms with Gasteiger partial charge in [-0.25, -0.2) is 4.98 Å². The van der Waals surface area contributed by atoms with Gasteiger partial charge in [0.1, 0.15) is 5.82 Å². The van der Waals surface area contributed by atoms with Crippen molar-refractivity contribution in [3.05, 3.63) is 11.1 Å². The van der Waals surface area contributed by atoms with E-state index in [0.717, 1.165) is 18.8 Å².